The first kappa shape index (κ1) is 20.7. The molecule has 2 aliphatic carbocycles. The maximum atomic E-state index is 12.5. The summed E-state index contributed by atoms with van der Waals surface area (Å²) < 4.78 is 9.92. The number of pyridine rings is 1. The molecule has 10 heteroatoms. The molecule has 3 heterocycles. The van der Waals surface area contributed by atoms with Crippen molar-refractivity contribution in [1.82, 2.24) is 25.3 Å². The number of nitrogens with zero attached hydrogens (tertiary/aromatic N) is 5. The standard InChI is InChI=1S/C22H25N7O2S/c1-11-8-24-17(12(2)21(11)31-3)9-29-26-16-6-13(7-18(30)25-14-4-5-14)15-10-32-28-22(23)20(27-29)19(15)16/h6,8,14H,4-5,7,9-10H2,1-3H3,(H2,23,28)(H,25,30). The molecular weight excluding hydrogens is 426 g/mol. The molecule has 0 atom stereocenters. The van der Waals surface area contributed by atoms with E-state index in [1.165, 1.54) is 11.9 Å². The van der Waals surface area contributed by atoms with Gasteiger partial charge < -0.3 is 15.8 Å². The van der Waals surface area contributed by atoms with Crippen LogP contribution in [-0.4, -0.2) is 44.9 Å². The number of carbonyl (C=O) groups excluding carboxylic acids is 1. The summed E-state index contributed by atoms with van der Waals surface area (Å²) in [4.78, 5) is 18.6. The highest BCUT2D eigenvalue weighted by molar-refractivity contribution is 7.97. The van der Waals surface area contributed by atoms with E-state index in [0.29, 0.717) is 36.3 Å². The smallest absolute Gasteiger partial charge is 0.224 e. The van der Waals surface area contributed by atoms with Gasteiger partial charge in [0.2, 0.25) is 5.91 Å². The van der Waals surface area contributed by atoms with E-state index in [2.05, 4.69) is 14.7 Å². The van der Waals surface area contributed by atoms with Gasteiger partial charge in [-0.05, 0) is 55.8 Å². The molecule has 1 amide bonds. The number of methoxy groups -OCH3 is 1. The van der Waals surface area contributed by atoms with E-state index >= 15 is 0 Å². The minimum Gasteiger partial charge on any atom is -0.496 e. The maximum absolute atomic E-state index is 12.5. The number of aromatic nitrogens is 4. The van der Waals surface area contributed by atoms with Gasteiger partial charge in [0, 0.05) is 34.7 Å². The SMILES string of the molecule is COc1c(C)cnc(Cn2nc3cc(CC(=O)NC4CC4)c4c-3c(n2)C(N)=NSC4)c1C. The molecule has 1 aromatic rings. The number of rotatable bonds is 6. The average Bonchev–Trinajstić information content (AvgIpc) is 3.52. The van der Waals surface area contributed by atoms with Gasteiger partial charge in [-0.3, -0.25) is 9.78 Å². The Balaban J connectivity index is 1.55. The number of carbonyl (C=O) groups is 1. The van der Waals surface area contributed by atoms with E-state index in [1.54, 1.807) is 18.1 Å². The molecule has 0 aromatic carbocycles. The van der Waals surface area contributed by atoms with Gasteiger partial charge in [-0.15, -0.1) is 0 Å². The predicted molar refractivity (Wildman–Crippen MR) is 123 cm³/mol. The van der Waals surface area contributed by atoms with Crippen molar-refractivity contribution < 1.29 is 9.53 Å². The van der Waals surface area contributed by atoms with Crippen LogP contribution in [0.2, 0.25) is 0 Å². The van der Waals surface area contributed by atoms with E-state index in [9.17, 15) is 4.79 Å². The van der Waals surface area contributed by atoms with Crippen LogP contribution < -0.4 is 15.8 Å². The van der Waals surface area contributed by atoms with Crippen LogP contribution in [0.4, 0.5) is 0 Å². The van der Waals surface area contributed by atoms with Gasteiger partial charge in [-0.1, -0.05) is 0 Å². The number of nitrogens with two attached hydrogens (primary N) is 1. The molecule has 0 bridgehead atoms. The Morgan fingerprint density at radius 3 is 2.91 bits per heavy atom. The highest BCUT2D eigenvalue weighted by Gasteiger charge is 2.29. The van der Waals surface area contributed by atoms with E-state index in [4.69, 9.17) is 20.7 Å². The largest absolute Gasteiger partial charge is 0.496 e. The number of amides is 1. The summed E-state index contributed by atoms with van der Waals surface area (Å²) in [6.45, 7) is 4.31. The van der Waals surface area contributed by atoms with Crippen LogP contribution in [-0.2, 0) is 23.5 Å². The molecule has 3 N–H and O–H groups in total. The Bertz CT molecular complexity index is 1220. The van der Waals surface area contributed by atoms with Crippen molar-refractivity contribution in [1.29, 1.82) is 0 Å². The van der Waals surface area contributed by atoms with Gasteiger partial charge in [-0.25, -0.2) is 0 Å². The average molecular weight is 452 g/mol. The summed E-state index contributed by atoms with van der Waals surface area (Å²) in [5.74, 6) is 1.84. The summed E-state index contributed by atoms with van der Waals surface area (Å²) in [6.07, 6.45) is 4.24. The third-order valence-electron chi connectivity index (χ3n) is 5.88. The van der Waals surface area contributed by atoms with E-state index in [-0.39, 0.29) is 5.91 Å². The van der Waals surface area contributed by atoms with Crippen LogP contribution in [0.5, 0.6) is 5.75 Å². The van der Waals surface area contributed by atoms with Crippen LogP contribution in [0, 0.1) is 13.8 Å². The predicted octanol–water partition coefficient (Wildman–Crippen LogP) is 2.14. The fourth-order valence-corrected chi connectivity index (χ4v) is 4.87. The third kappa shape index (κ3) is 3.79. The molecule has 5 rings (SSSR count). The van der Waals surface area contributed by atoms with Crippen molar-refractivity contribution in [3.05, 3.63) is 45.9 Å². The number of aryl methyl sites for hydroxylation is 1. The summed E-state index contributed by atoms with van der Waals surface area (Å²) in [6, 6.07) is 2.31. The number of nitrogens with one attached hydrogen (secondary N) is 1. The lowest BCUT2D eigenvalue weighted by Gasteiger charge is -2.14. The summed E-state index contributed by atoms with van der Waals surface area (Å²) in [7, 11) is 1.66. The Morgan fingerprint density at radius 1 is 1.34 bits per heavy atom. The van der Waals surface area contributed by atoms with Crippen LogP contribution in [0.25, 0.3) is 11.3 Å². The molecular formula is C22H25N7O2S. The van der Waals surface area contributed by atoms with Gasteiger partial charge >= 0.3 is 0 Å². The molecule has 0 saturated heterocycles. The van der Waals surface area contributed by atoms with Crippen molar-refractivity contribution in [2.75, 3.05) is 7.11 Å². The first-order chi connectivity index (χ1) is 15.4. The molecule has 0 radical (unpaired) electrons. The van der Waals surface area contributed by atoms with Crippen molar-refractivity contribution in [3.63, 3.8) is 0 Å². The van der Waals surface area contributed by atoms with E-state index < -0.39 is 0 Å². The third-order valence-corrected chi connectivity index (χ3v) is 6.62. The topological polar surface area (TPSA) is 120 Å². The minimum absolute atomic E-state index is 0.0381. The van der Waals surface area contributed by atoms with Crippen molar-refractivity contribution in [3.8, 4) is 17.0 Å². The Hall–Kier alpha value is -3.14. The second-order valence-electron chi connectivity index (χ2n) is 8.30. The van der Waals surface area contributed by atoms with E-state index in [0.717, 1.165) is 57.8 Å². The number of hydrogen-bond acceptors (Lipinski definition) is 8. The van der Waals surface area contributed by atoms with Crippen LogP contribution in [0.3, 0.4) is 0 Å². The highest BCUT2D eigenvalue weighted by atomic mass is 32.2. The molecule has 0 unspecified atom stereocenters. The lowest BCUT2D eigenvalue weighted by molar-refractivity contribution is -0.120. The monoisotopic (exact) mass is 451 g/mol. The zero-order valence-electron chi connectivity index (χ0n) is 18.3. The zero-order valence-corrected chi connectivity index (χ0v) is 19.1. The summed E-state index contributed by atoms with van der Waals surface area (Å²) in [5, 5.41) is 12.5. The fraction of sp³-hybridized carbons (Fsp3) is 0.409. The molecule has 0 spiro atoms. The highest BCUT2D eigenvalue weighted by Crippen LogP contribution is 2.38. The molecule has 1 saturated carbocycles. The summed E-state index contributed by atoms with van der Waals surface area (Å²) >= 11 is 1.37. The summed E-state index contributed by atoms with van der Waals surface area (Å²) in [5.41, 5.74) is 13.2. The number of ether oxygens (including phenoxy) is 1. The Morgan fingerprint density at radius 2 is 2.16 bits per heavy atom. The van der Waals surface area contributed by atoms with Gasteiger partial charge in [0.15, 0.2) is 5.84 Å². The van der Waals surface area contributed by atoms with Crippen molar-refractivity contribution in [2.45, 2.75) is 51.4 Å². The van der Waals surface area contributed by atoms with Crippen LogP contribution in [0.15, 0.2) is 16.7 Å². The molecule has 166 valence electrons. The van der Waals surface area contributed by atoms with Crippen LogP contribution >= 0.6 is 11.9 Å². The van der Waals surface area contributed by atoms with E-state index in [1.807, 2.05) is 19.9 Å². The second-order valence-corrected chi connectivity index (χ2v) is 9.03. The van der Waals surface area contributed by atoms with Gasteiger partial charge in [0.1, 0.15) is 18.0 Å². The second kappa shape index (κ2) is 8.09. The Kier molecular flexibility index (Phi) is 5.24. The Labute approximate surface area is 190 Å². The molecule has 1 aromatic heterocycles. The molecule has 32 heavy (non-hydrogen) atoms. The first-order valence-electron chi connectivity index (χ1n) is 10.6. The van der Waals surface area contributed by atoms with Crippen molar-refractivity contribution >= 4 is 23.7 Å². The molecule has 1 fully saturated rings. The molecule has 9 nitrogen and oxygen atoms in total. The zero-order chi connectivity index (χ0) is 22.4. The van der Waals surface area contributed by atoms with Gasteiger partial charge in [0.05, 0.1) is 24.9 Å². The van der Waals surface area contributed by atoms with Gasteiger partial charge in [-0.2, -0.15) is 19.4 Å². The molecule has 4 aliphatic rings. The quantitative estimate of drug-likeness (QED) is 0.551. The normalized spacial score (nSPS) is 15.4. The van der Waals surface area contributed by atoms with Crippen LogP contribution in [0.1, 0.15) is 46.5 Å². The number of hydrogen-bond donors (Lipinski definition) is 2. The fourth-order valence-electron chi connectivity index (χ4n) is 4.12. The molecule has 2 aliphatic heterocycles. The van der Waals surface area contributed by atoms with Gasteiger partial charge in [0.25, 0.3) is 0 Å². The lowest BCUT2D eigenvalue weighted by Crippen LogP contribution is -2.27. The maximum Gasteiger partial charge on any atom is 0.224 e. The van der Waals surface area contributed by atoms with Crippen molar-refractivity contribution in [2.24, 2.45) is 10.1 Å². The minimum atomic E-state index is 0.0381. The lowest BCUT2D eigenvalue weighted by atomic mass is 10.1. The number of amidine groups is 1. The first-order valence-corrected chi connectivity index (χ1v) is 11.5.